The maximum Gasteiger partial charge on any atom is 0.126 e. The minimum atomic E-state index is -0.474. The minimum Gasteiger partial charge on any atom is -0.392 e. The van der Waals surface area contributed by atoms with Crippen molar-refractivity contribution in [1.82, 2.24) is 0 Å². The Morgan fingerprint density at radius 1 is 1.45 bits per heavy atom. The van der Waals surface area contributed by atoms with Gasteiger partial charge in [0, 0.05) is 18.8 Å². The van der Waals surface area contributed by atoms with Gasteiger partial charge in [0.05, 0.1) is 11.7 Å². The first-order valence-corrected chi connectivity index (χ1v) is 8.47. The predicted octanol–water partition coefficient (Wildman–Crippen LogP) is 3.03. The van der Waals surface area contributed by atoms with Gasteiger partial charge in [-0.3, -0.25) is 0 Å². The van der Waals surface area contributed by atoms with E-state index in [0.717, 1.165) is 37.4 Å². The van der Waals surface area contributed by atoms with Crippen molar-refractivity contribution in [2.45, 2.75) is 37.4 Å². The van der Waals surface area contributed by atoms with Crippen LogP contribution in [0.15, 0.2) is 24.3 Å². The van der Waals surface area contributed by atoms with E-state index in [1.54, 1.807) is 12.1 Å². The maximum atomic E-state index is 13.7. The third kappa shape index (κ3) is 3.02. The number of thioether (sulfide) groups is 1. The van der Waals surface area contributed by atoms with Crippen LogP contribution < -0.4 is 0 Å². The second-order valence-corrected chi connectivity index (χ2v) is 7.05. The molecule has 4 heteroatoms. The molecule has 3 atom stereocenters. The largest absolute Gasteiger partial charge is 0.392 e. The summed E-state index contributed by atoms with van der Waals surface area (Å²) in [6, 6.07) is 6.73. The molecule has 2 aliphatic rings. The average Bonchev–Trinajstić information content (AvgIpc) is 2.89. The molecule has 0 bridgehead atoms. The number of aliphatic hydroxyl groups excluding tert-OH is 1. The van der Waals surface area contributed by atoms with Crippen LogP contribution in [0.25, 0.3) is 0 Å². The summed E-state index contributed by atoms with van der Waals surface area (Å²) in [7, 11) is 0. The quantitative estimate of drug-likeness (QED) is 0.929. The number of hydrogen-bond acceptors (Lipinski definition) is 3. The molecule has 0 aliphatic carbocycles. The number of aliphatic hydroxyl groups is 1. The highest BCUT2D eigenvalue weighted by molar-refractivity contribution is 7.99. The van der Waals surface area contributed by atoms with Crippen molar-refractivity contribution in [2.24, 2.45) is 5.92 Å². The van der Waals surface area contributed by atoms with E-state index in [2.05, 4.69) is 0 Å². The van der Waals surface area contributed by atoms with Crippen molar-refractivity contribution in [3.8, 4) is 0 Å². The van der Waals surface area contributed by atoms with Crippen LogP contribution in [0, 0.1) is 11.7 Å². The molecule has 20 heavy (non-hydrogen) atoms. The Bertz CT molecular complexity index is 460. The highest BCUT2D eigenvalue weighted by Gasteiger charge is 2.42. The van der Waals surface area contributed by atoms with Gasteiger partial charge in [0.1, 0.15) is 5.82 Å². The summed E-state index contributed by atoms with van der Waals surface area (Å²) in [5, 5.41) is 10.5. The summed E-state index contributed by atoms with van der Waals surface area (Å²) in [6.07, 6.45) is 2.80. The molecule has 2 aliphatic heterocycles. The fourth-order valence-corrected chi connectivity index (χ4v) is 4.69. The van der Waals surface area contributed by atoms with E-state index < -0.39 is 6.10 Å². The Morgan fingerprint density at radius 2 is 2.30 bits per heavy atom. The van der Waals surface area contributed by atoms with E-state index in [0.29, 0.717) is 12.0 Å². The average molecular weight is 296 g/mol. The van der Waals surface area contributed by atoms with Crippen LogP contribution in [0.3, 0.4) is 0 Å². The van der Waals surface area contributed by atoms with Crippen molar-refractivity contribution in [2.75, 3.05) is 18.1 Å². The second-order valence-electron chi connectivity index (χ2n) is 5.95. The fraction of sp³-hybridized carbons (Fsp3) is 0.625. The summed E-state index contributed by atoms with van der Waals surface area (Å²) in [5.41, 5.74) is 0.588. The van der Waals surface area contributed by atoms with Gasteiger partial charge in [-0.15, -0.1) is 0 Å². The molecule has 2 nitrogen and oxygen atoms in total. The van der Waals surface area contributed by atoms with Crippen molar-refractivity contribution >= 4 is 11.8 Å². The zero-order valence-corrected chi connectivity index (χ0v) is 12.4. The molecular weight excluding hydrogens is 275 g/mol. The Hall–Kier alpha value is -0.580. The molecular formula is C16H21FO2S. The van der Waals surface area contributed by atoms with Crippen LogP contribution in [0.2, 0.25) is 0 Å². The van der Waals surface area contributed by atoms with Gasteiger partial charge < -0.3 is 9.84 Å². The van der Waals surface area contributed by atoms with E-state index in [1.807, 2.05) is 17.8 Å². The molecule has 2 saturated heterocycles. The first kappa shape index (κ1) is 14.4. The number of hydrogen-bond donors (Lipinski definition) is 1. The van der Waals surface area contributed by atoms with Crippen molar-refractivity contribution in [3.63, 3.8) is 0 Å². The van der Waals surface area contributed by atoms with E-state index in [9.17, 15) is 9.50 Å². The molecule has 1 spiro atoms. The lowest BCUT2D eigenvalue weighted by molar-refractivity contribution is -0.101. The van der Waals surface area contributed by atoms with Crippen molar-refractivity contribution in [3.05, 3.63) is 35.6 Å². The van der Waals surface area contributed by atoms with Crippen LogP contribution in [-0.2, 0) is 11.2 Å². The van der Waals surface area contributed by atoms with Crippen molar-refractivity contribution in [1.29, 1.82) is 0 Å². The predicted molar refractivity (Wildman–Crippen MR) is 79.5 cm³/mol. The zero-order valence-electron chi connectivity index (χ0n) is 11.6. The SMILES string of the molecule is OC(Cc1ccccc1F)C1CCOC2(CCSC2)C1. The summed E-state index contributed by atoms with van der Waals surface area (Å²) in [6.45, 7) is 0.722. The van der Waals surface area contributed by atoms with Gasteiger partial charge in [-0.2, -0.15) is 11.8 Å². The molecule has 3 unspecified atom stereocenters. The third-order valence-electron chi connectivity index (χ3n) is 4.53. The van der Waals surface area contributed by atoms with Gasteiger partial charge in [-0.05, 0) is 42.6 Å². The van der Waals surface area contributed by atoms with Gasteiger partial charge in [0.15, 0.2) is 0 Å². The highest BCUT2D eigenvalue weighted by atomic mass is 32.2. The van der Waals surface area contributed by atoms with E-state index >= 15 is 0 Å². The number of ether oxygens (including phenoxy) is 1. The van der Waals surface area contributed by atoms with Crippen molar-refractivity contribution < 1.29 is 14.2 Å². The molecule has 2 heterocycles. The first-order chi connectivity index (χ1) is 9.69. The smallest absolute Gasteiger partial charge is 0.126 e. The fourth-order valence-electron chi connectivity index (χ4n) is 3.31. The number of rotatable bonds is 3. The Labute approximate surface area is 123 Å². The summed E-state index contributed by atoms with van der Waals surface area (Å²) >= 11 is 1.93. The Kier molecular flexibility index (Phi) is 4.34. The molecule has 110 valence electrons. The molecule has 2 fully saturated rings. The minimum absolute atomic E-state index is 0.0240. The summed E-state index contributed by atoms with van der Waals surface area (Å²) in [5.74, 6) is 2.19. The van der Waals surface area contributed by atoms with E-state index in [-0.39, 0.29) is 17.3 Å². The molecule has 0 aromatic heterocycles. The molecule has 0 saturated carbocycles. The number of halogens is 1. The molecule has 0 amide bonds. The second kappa shape index (κ2) is 6.04. The number of benzene rings is 1. The maximum absolute atomic E-state index is 13.7. The normalized spacial score (nSPS) is 31.6. The lowest BCUT2D eigenvalue weighted by Crippen LogP contribution is -2.43. The van der Waals surface area contributed by atoms with Gasteiger partial charge in [0.2, 0.25) is 0 Å². The Balaban J connectivity index is 1.65. The van der Waals surface area contributed by atoms with Gasteiger partial charge in [0.25, 0.3) is 0 Å². The van der Waals surface area contributed by atoms with Crippen LogP contribution in [0.4, 0.5) is 4.39 Å². The molecule has 0 radical (unpaired) electrons. The van der Waals surface area contributed by atoms with E-state index in [4.69, 9.17) is 4.74 Å². The van der Waals surface area contributed by atoms with Crippen LogP contribution in [0.5, 0.6) is 0 Å². The topological polar surface area (TPSA) is 29.5 Å². The zero-order chi connectivity index (χ0) is 14.0. The van der Waals surface area contributed by atoms with Gasteiger partial charge in [-0.25, -0.2) is 4.39 Å². The van der Waals surface area contributed by atoms with Crippen LogP contribution >= 0.6 is 11.8 Å². The lowest BCUT2D eigenvalue weighted by Gasteiger charge is -2.39. The van der Waals surface area contributed by atoms with Gasteiger partial charge in [-0.1, -0.05) is 18.2 Å². The summed E-state index contributed by atoms with van der Waals surface area (Å²) < 4.78 is 19.6. The molecule has 3 rings (SSSR count). The summed E-state index contributed by atoms with van der Waals surface area (Å²) in [4.78, 5) is 0. The van der Waals surface area contributed by atoms with Crippen LogP contribution in [0.1, 0.15) is 24.8 Å². The molecule has 1 N–H and O–H groups in total. The van der Waals surface area contributed by atoms with E-state index in [1.165, 1.54) is 6.07 Å². The van der Waals surface area contributed by atoms with Gasteiger partial charge >= 0.3 is 0 Å². The standard InChI is InChI=1S/C16H21FO2S/c17-14-4-2-1-3-12(14)9-15(18)13-5-7-19-16(10-13)6-8-20-11-16/h1-4,13,15,18H,5-11H2. The van der Waals surface area contributed by atoms with Crippen LogP contribution in [-0.4, -0.2) is 34.9 Å². The molecule has 1 aromatic carbocycles. The third-order valence-corrected chi connectivity index (χ3v) is 5.75. The molecule has 1 aromatic rings. The first-order valence-electron chi connectivity index (χ1n) is 7.32. The Morgan fingerprint density at radius 3 is 3.05 bits per heavy atom. The lowest BCUT2D eigenvalue weighted by atomic mass is 9.80. The highest BCUT2D eigenvalue weighted by Crippen LogP contribution is 2.41. The monoisotopic (exact) mass is 296 g/mol.